The number of piperidine rings is 1. The molecule has 0 bridgehead atoms. The molecule has 0 radical (unpaired) electrons. The van der Waals surface area contributed by atoms with E-state index in [1.807, 2.05) is 29.8 Å². The summed E-state index contributed by atoms with van der Waals surface area (Å²) in [5.74, 6) is 3.74. The molecule has 2 aliphatic heterocycles. The number of nitrogens with zero attached hydrogens (tertiary/aromatic N) is 5. The topological polar surface area (TPSA) is 63.5 Å². The van der Waals surface area contributed by atoms with Crippen LogP contribution in [0.4, 0.5) is 18.9 Å². The molecule has 1 aliphatic carbocycles. The predicted octanol–water partition coefficient (Wildman–Crippen LogP) is 6.13. The molecule has 44 heavy (non-hydrogen) atoms. The first-order valence-corrected chi connectivity index (χ1v) is 15.3. The van der Waals surface area contributed by atoms with E-state index in [1.165, 1.54) is 11.0 Å². The van der Waals surface area contributed by atoms with Gasteiger partial charge >= 0.3 is 6.18 Å². The van der Waals surface area contributed by atoms with Crippen molar-refractivity contribution in [2.45, 2.75) is 63.7 Å². The third-order valence-corrected chi connectivity index (χ3v) is 9.59. The minimum atomic E-state index is -4.63. The highest BCUT2D eigenvalue weighted by Gasteiger charge is 2.48. The molecule has 2 aromatic carbocycles. The molecule has 1 amide bonds. The lowest BCUT2D eigenvalue weighted by molar-refractivity contribution is -0.138. The fourth-order valence-electron chi connectivity index (χ4n) is 7.60. The largest absolute Gasteiger partial charge is 0.416 e. The summed E-state index contributed by atoms with van der Waals surface area (Å²) in [6.07, 6.45) is 6.20. The number of benzene rings is 2. The van der Waals surface area contributed by atoms with Crippen LogP contribution in [0.25, 0.3) is 0 Å². The van der Waals surface area contributed by atoms with Gasteiger partial charge in [-0.3, -0.25) is 9.69 Å². The van der Waals surface area contributed by atoms with Gasteiger partial charge in [0.25, 0.3) is 5.91 Å². The number of carbonyl (C=O) groups excluding carboxylic acids is 1. The Morgan fingerprint density at radius 1 is 1.18 bits per heavy atom. The Balaban J connectivity index is 1.38. The van der Waals surface area contributed by atoms with Gasteiger partial charge in [0.15, 0.2) is 0 Å². The second kappa shape index (κ2) is 11.7. The van der Waals surface area contributed by atoms with Crippen molar-refractivity contribution in [3.05, 3.63) is 76.4 Å². The molecule has 3 aliphatic rings. The molecule has 232 valence electrons. The maximum absolute atomic E-state index is 14.6. The van der Waals surface area contributed by atoms with Crippen molar-refractivity contribution in [3.63, 3.8) is 0 Å². The van der Waals surface area contributed by atoms with Crippen LogP contribution in [0.15, 0.2) is 42.7 Å². The summed E-state index contributed by atoms with van der Waals surface area (Å²) in [4.78, 5) is 17.6. The molecule has 1 unspecified atom stereocenters. The summed E-state index contributed by atoms with van der Waals surface area (Å²) in [7, 11) is 1.91. The molecule has 6 rings (SSSR count). The minimum absolute atomic E-state index is 0.00670. The first-order chi connectivity index (χ1) is 21.0. The number of hydrogen-bond donors (Lipinski definition) is 0. The SMILES string of the molecule is C#CCOCC(c1cc2c(c(C(F)(F)F)c1)CN(c1cccc([C@]3(c4nncn4C)C[C@@H](C)C3)c1)C2=O)N1CCC[C@H](C)C1. The number of anilines is 1. The van der Waals surface area contributed by atoms with Gasteiger partial charge in [-0.2, -0.15) is 13.2 Å². The van der Waals surface area contributed by atoms with Gasteiger partial charge < -0.3 is 14.2 Å². The van der Waals surface area contributed by atoms with Gasteiger partial charge in [-0.1, -0.05) is 31.9 Å². The van der Waals surface area contributed by atoms with Crippen LogP contribution in [0.3, 0.4) is 0 Å². The van der Waals surface area contributed by atoms with Crippen molar-refractivity contribution in [3.8, 4) is 12.3 Å². The molecular formula is C34H38F3N5O2. The van der Waals surface area contributed by atoms with E-state index in [4.69, 9.17) is 11.2 Å². The first kappa shape index (κ1) is 30.4. The minimum Gasteiger partial charge on any atom is -0.367 e. The molecule has 1 saturated carbocycles. The molecule has 7 nitrogen and oxygen atoms in total. The molecule has 1 saturated heterocycles. The number of aryl methyl sites for hydroxylation is 1. The number of ether oxygens (including phenoxy) is 1. The van der Waals surface area contributed by atoms with Crippen LogP contribution in [-0.2, 0) is 29.9 Å². The van der Waals surface area contributed by atoms with Gasteiger partial charge in [0.1, 0.15) is 18.8 Å². The smallest absolute Gasteiger partial charge is 0.367 e. The second-order valence-corrected chi connectivity index (χ2v) is 12.9. The number of aromatic nitrogens is 3. The Morgan fingerprint density at radius 2 is 1.98 bits per heavy atom. The summed E-state index contributed by atoms with van der Waals surface area (Å²) < 4.78 is 51.5. The van der Waals surface area contributed by atoms with Crippen molar-refractivity contribution in [1.82, 2.24) is 19.7 Å². The number of carbonyl (C=O) groups is 1. The number of hydrogen-bond acceptors (Lipinski definition) is 5. The summed E-state index contributed by atoms with van der Waals surface area (Å²) in [5.41, 5.74) is 0.938. The van der Waals surface area contributed by atoms with E-state index >= 15 is 0 Å². The van der Waals surface area contributed by atoms with E-state index in [-0.39, 0.29) is 36.3 Å². The molecule has 2 fully saturated rings. The van der Waals surface area contributed by atoms with E-state index in [1.54, 1.807) is 18.5 Å². The lowest BCUT2D eigenvalue weighted by Crippen LogP contribution is -2.43. The number of likely N-dealkylation sites (tertiary alicyclic amines) is 1. The summed E-state index contributed by atoms with van der Waals surface area (Å²) in [6.45, 7) is 5.87. The van der Waals surface area contributed by atoms with Crippen molar-refractivity contribution in [2.75, 3.05) is 31.2 Å². The van der Waals surface area contributed by atoms with E-state index < -0.39 is 23.7 Å². The number of fused-ring (bicyclic) bond motifs is 1. The van der Waals surface area contributed by atoms with Gasteiger partial charge in [0.05, 0.1) is 30.2 Å². The third-order valence-electron chi connectivity index (χ3n) is 9.59. The van der Waals surface area contributed by atoms with Gasteiger partial charge in [-0.25, -0.2) is 0 Å². The molecule has 2 atom stereocenters. The Kier molecular flexibility index (Phi) is 8.05. The number of alkyl halides is 3. The van der Waals surface area contributed by atoms with Crippen LogP contribution >= 0.6 is 0 Å². The molecule has 3 heterocycles. The zero-order valence-electron chi connectivity index (χ0n) is 25.4. The van der Waals surface area contributed by atoms with Gasteiger partial charge in [0, 0.05) is 24.8 Å². The highest BCUT2D eigenvalue weighted by molar-refractivity contribution is 6.10. The quantitative estimate of drug-likeness (QED) is 0.228. The number of terminal acetylenes is 1. The van der Waals surface area contributed by atoms with Crippen LogP contribution in [0, 0.1) is 24.2 Å². The van der Waals surface area contributed by atoms with Crippen molar-refractivity contribution in [1.29, 1.82) is 0 Å². The number of amides is 1. The monoisotopic (exact) mass is 605 g/mol. The third kappa shape index (κ3) is 5.41. The Labute approximate surface area is 256 Å². The molecular weight excluding hydrogens is 567 g/mol. The van der Waals surface area contributed by atoms with Crippen LogP contribution < -0.4 is 4.90 Å². The second-order valence-electron chi connectivity index (χ2n) is 12.9. The van der Waals surface area contributed by atoms with Gasteiger partial charge in [-0.15, -0.1) is 16.6 Å². The van der Waals surface area contributed by atoms with E-state index in [9.17, 15) is 18.0 Å². The first-order valence-electron chi connectivity index (χ1n) is 15.3. The van der Waals surface area contributed by atoms with E-state index in [2.05, 4.69) is 34.9 Å². The fourth-order valence-corrected chi connectivity index (χ4v) is 7.60. The zero-order chi connectivity index (χ0) is 31.2. The standard InChI is InChI=1S/C34H38F3N5O2/c1-5-12-44-20-30(41-11-7-8-22(2)18-41)24-13-27-28(29(14-24)34(35,36)37)19-42(31(27)43)26-10-6-9-25(15-26)33(16-23(3)17-33)32-39-38-21-40(32)4/h1,6,9-10,13-15,21-23,30H,7-8,11-12,16-20H2,2-4H3/t22-,23-,30?,33+/m0/s1. The summed E-state index contributed by atoms with van der Waals surface area (Å²) >= 11 is 0. The number of rotatable bonds is 8. The molecule has 0 N–H and O–H groups in total. The zero-order valence-corrected chi connectivity index (χ0v) is 25.4. The van der Waals surface area contributed by atoms with Crippen molar-refractivity contribution in [2.24, 2.45) is 18.9 Å². The lowest BCUT2D eigenvalue weighted by atomic mass is 9.58. The maximum Gasteiger partial charge on any atom is 0.416 e. The summed E-state index contributed by atoms with van der Waals surface area (Å²) in [5, 5.41) is 8.51. The summed E-state index contributed by atoms with van der Waals surface area (Å²) in [6, 6.07) is 10.0. The molecule has 10 heteroatoms. The Hall–Kier alpha value is -3.68. The van der Waals surface area contributed by atoms with Gasteiger partial charge in [0.2, 0.25) is 0 Å². The van der Waals surface area contributed by atoms with Crippen LogP contribution in [0.5, 0.6) is 0 Å². The van der Waals surface area contributed by atoms with Crippen molar-refractivity contribution >= 4 is 11.6 Å². The van der Waals surface area contributed by atoms with E-state index in [0.29, 0.717) is 23.1 Å². The normalized spacial score (nSPS) is 24.6. The van der Waals surface area contributed by atoms with Crippen LogP contribution in [-0.4, -0.2) is 51.9 Å². The van der Waals surface area contributed by atoms with Crippen LogP contribution in [0.1, 0.15) is 84.0 Å². The fraction of sp³-hybridized carbons (Fsp3) is 0.500. The molecule has 3 aromatic rings. The number of halogens is 3. The maximum atomic E-state index is 14.6. The predicted molar refractivity (Wildman–Crippen MR) is 161 cm³/mol. The highest BCUT2D eigenvalue weighted by atomic mass is 19.4. The Bertz CT molecular complexity index is 1590. The van der Waals surface area contributed by atoms with E-state index in [0.717, 1.165) is 50.2 Å². The van der Waals surface area contributed by atoms with Crippen molar-refractivity contribution < 1.29 is 22.7 Å². The lowest BCUT2D eigenvalue weighted by Gasteiger charge is -2.46. The molecule has 1 aromatic heterocycles. The van der Waals surface area contributed by atoms with Gasteiger partial charge in [-0.05, 0) is 85.0 Å². The average molecular weight is 606 g/mol. The average Bonchev–Trinajstić information content (AvgIpc) is 3.55. The van der Waals surface area contributed by atoms with Crippen LogP contribution in [0.2, 0.25) is 0 Å². The Morgan fingerprint density at radius 3 is 2.64 bits per heavy atom. The highest BCUT2D eigenvalue weighted by Crippen LogP contribution is 2.52. The molecule has 0 spiro atoms.